The maximum atomic E-state index is 3.52. The molecule has 1 fully saturated rings. The molecule has 0 amide bonds. The van der Waals surface area contributed by atoms with E-state index < -0.39 is 0 Å². The number of rotatable bonds is 7. The van der Waals surface area contributed by atoms with Crippen molar-refractivity contribution in [3.8, 4) is 0 Å². The Bertz CT molecular complexity index is 397. The molecule has 112 valence electrons. The predicted octanol–water partition coefficient (Wildman–Crippen LogP) is 2.72. The highest BCUT2D eigenvalue weighted by atomic mass is 15.2. The molecule has 20 heavy (non-hydrogen) atoms. The SMILES string of the molecule is CC(C)NCc1ccccc1N(C)CCN1CCCC1. The van der Waals surface area contributed by atoms with E-state index in [-0.39, 0.29) is 0 Å². The summed E-state index contributed by atoms with van der Waals surface area (Å²) >= 11 is 0. The zero-order chi connectivity index (χ0) is 14.4. The number of anilines is 1. The number of benzene rings is 1. The van der Waals surface area contributed by atoms with Crippen LogP contribution in [-0.2, 0) is 6.54 Å². The van der Waals surface area contributed by atoms with Crippen LogP contribution in [0.3, 0.4) is 0 Å². The van der Waals surface area contributed by atoms with Crippen molar-refractivity contribution in [2.75, 3.05) is 38.1 Å². The number of hydrogen-bond donors (Lipinski definition) is 1. The van der Waals surface area contributed by atoms with E-state index in [9.17, 15) is 0 Å². The molecule has 0 saturated carbocycles. The van der Waals surface area contributed by atoms with Crippen LogP contribution in [0.2, 0.25) is 0 Å². The van der Waals surface area contributed by atoms with E-state index in [0.717, 1.165) is 13.1 Å². The summed E-state index contributed by atoms with van der Waals surface area (Å²) in [5.74, 6) is 0. The summed E-state index contributed by atoms with van der Waals surface area (Å²) in [4.78, 5) is 4.97. The maximum absolute atomic E-state index is 3.52. The quantitative estimate of drug-likeness (QED) is 0.825. The second-order valence-corrected chi connectivity index (χ2v) is 6.13. The number of para-hydroxylation sites is 1. The van der Waals surface area contributed by atoms with Gasteiger partial charge < -0.3 is 15.1 Å². The van der Waals surface area contributed by atoms with Crippen LogP contribution in [-0.4, -0.2) is 44.2 Å². The highest BCUT2D eigenvalue weighted by Gasteiger charge is 2.13. The molecule has 1 saturated heterocycles. The van der Waals surface area contributed by atoms with Crippen molar-refractivity contribution in [3.05, 3.63) is 29.8 Å². The van der Waals surface area contributed by atoms with Gasteiger partial charge in [-0.15, -0.1) is 0 Å². The third kappa shape index (κ3) is 4.50. The lowest BCUT2D eigenvalue weighted by atomic mass is 10.1. The Morgan fingerprint density at radius 1 is 1.20 bits per heavy atom. The molecule has 2 rings (SSSR count). The zero-order valence-corrected chi connectivity index (χ0v) is 13.2. The first-order valence-electron chi connectivity index (χ1n) is 7.91. The first-order chi connectivity index (χ1) is 9.66. The third-order valence-electron chi connectivity index (χ3n) is 4.05. The molecule has 3 nitrogen and oxygen atoms in total. The van der Waals surface area contributed by atoms with Gasteiger partial charge in [-0.2, -0.15) is 0 Å². The van der Waals surface area contributed by atoms with Crippen LogP contribution < -0.4 is 10.2 Å². The third-order valence-corrected chi connectivity index (χ3v) is 4.05. The fourth-order valence-corrected chi connectivity index (χ4v) is 2.76. The van der Waals surface area contributed by atoms with Crippen LogP contribution in [0.15, 0.2) is 24.3 Å². The van der Waals surface area contributed by atoms with E-state index in [1.165, 1.54) is 43.7 Å². The van der Waals surface area contributed by atoms with E-state index >= 15 is 0 Å². The Hall–Kier alpha value is -1.06. The Labute approximate surface area is 124 Å². The second kappa shape index (κ2) is 7.65. The Morgan fingerprint density at radius 2 is 1.90 bits per heavy atom. The van der Waals surface area contributed by atoms with Crippen molar-refractivity contribution >= 4 is 5.69 Å². The monoisotopic (exact) mass is 275 g/mol. The van der Waals surface area contributed by atoms with Crippen LogP contribution in [0.5, 0.6) is 0 Å². The van der Waals surface area contributed by atoms with E-state index in [0.29, 0.717) is 6.04 Å². The molecule has 1 aliphatic rings. The minimum absolute atomic E-state index is 0.526. The van der Waals surface area contributed by atoms with Gasteiger partial charge in [0.1, 0.15) is 0 Å². The van der Waals surface area contributed by atoms with Gasteiger partial charge in [0.05, 0.1) is 0 Å². The first-order valence-corrected chi connectivity index (χ1v) is 7.91. The van der Waals surface area contributed by atoms with Gasteiger partial charge in [-0.05, 0) is 37.6 Å². The number of nitrogens with one attached hydrogen (secondary N) is 1. The number of likely N-dealkylation sites (N-methyl/N-ethyl adjacent to an activating group) is 1. The van der Waals surface area contributed by atoms with Crippen molar-refractivity contribution in [2.45, 2.75) is 39.3 Å². The zero-order valence-electron chi connectivity index (χ0n) is 13.2. The lowest BCUT2D eigenvalue weighted by Crippen LogP contribution is -2.32. The van der Waals surface area contributed by atoms with Gasteiger partial charge in [-0.25, -0.2) is 0 Å². The average molecular weight is 275 g/mol. The summed E-state index contributed by atoms with van der Waals surface area (Å²) < 4.78 is 0. The van der Waals surface area contributed by atoms with Crippen molar-refractivity contribution in [1.82, 2.24) is 10.2 Å². The molecule has 1 aromatic carbocycles. The summed E-state index contributed by atoms with van der Waals surface area (Å²) in [7, 11) is 2.21. The Balaban J connectivity index is 1.91. The molecule has 0 aromatic heterocycles. The molecule has 0 atom stereocenters. The van der Waals surface area contributed by atoms with E-state index in [4.69, 9.17) is 0 Å². The van der Waals surface area contributed by atoms with Crippen molar-refractivity contribution in [2.24, 2.45) is 0 Å². The maximum Gasteiger partial charge on any atom is 0.0409 e. The van der Waals surface area contributed by atoms with Crippen LogP contribution in [0.25, 0.3) is 0 Å². The van der Waals surface area contributed by atoms with Crippen LogP contribution in [0, 0.1) is 0 Å². The number of nitrogens with zero attached hydrogens (tertiary/aromatic N) is 2. The second-order valence-electron chi connectivity index (χ2n) is 6.13. The van der Waals surface area contributed by atoms with Crippen molar-refractivity contribution in [3.63, 3.8) is 0 Å². The molecule has 3 heteroatoms. The van der Waals surface area contributed by atoms with Gasteiger partial charge in [0.2, 0.25) is 0 Å². The average Bonchev–Trinajstić information content (AvgIpc) is 2.96. The molecular weight excluding hydrogens is 246 g/mol. The van der Waals surface area contributed by atoms with Gasteiger partial charge in [0.25, 0.3) is 0 Å². The summed E-state index contributed by atoms with van der Waals surface area (Å²) in [5.41, 5.74) is 2.75. The molecule has 0 aliphatic carbocycles. The Kier molecular flexibility index (Phi) is 5.86. The van der Waals surface area contributed by atoms with E-state index in [1.54, 1.807) is 0 Å². The summed E-state index contributed by atoms with van der Waals surface area (Å²) in [6.45, 7) is 10.2. The van der Waals surface area contributed by atoms with Gasteiger partial charge >= 0.3 is 0 Å². The van der Waals surface area contributed by atoms with Crippen LogP contribution in [0.4, 0.5) is 5.69 Å². The van der Waals surface area contributed by atoms with Gasteiger partial charge in [-0.1, -0.05) is 32.0 Å². The standard InChI is InChI=1S/C17H29N3/c1-15(2)18-14-16-8-4-5-9-17(16)19(3)12-13-20-10-6-7-11-20/h4-5,8-9,15,18H,6-7,10-14H2,1-3H3. The highest BCUT2D eigenvalue weighted by Crippen LogP contribution is 2.19. The lowest BCUT2D eigenvalue weighted by Gasteiger charge is -2.25. The molecule has 1 aromatic rings. The molecule has 0 unspecified atom stereocenters. The van der Waals surface area contributed by atoms with Crippen molar-refractivity contribution in [1.29, 1.82) is 0 Å². The Morgan fingerprint density at radius 3 is 2.60 bits per heavy atom. The smallest absolute Gasteiger partial charge is 0.0409 e. The fourth-order valence-electron chi connectivity index (χ4n) is 2.76. The molecular formula is C17H29N3. The van der Waals surface area contributed by atoms with Crippen molar-refractivity contribution < 1.29 is 0 Å². The van der Waals surface area contributed by atoms with Gasteiger partial charge in [0.15, 0.2) is 0 Å². The predicted molar refractivity (Wildman–Crippen MR) is 87.4 cm³/mol. The molecule has 1 heterocycles. The molecule has 1 aliphatic heterocycles. The van der Waals surface area contributed by atoms with E-state index in [2.05, 4.69) is 60.3 Å². The van der Waals surface area contributed by atoms with E-state index in [1.807, 2.05) is 0 Å². The highest BCUT2D eigenvalue weighted by molar-refractivity contribution is 5.53. The minimum atomic E-state index is 0.526. The number of likely N-dealkylation sites (tertiary alicyclic amines) is 1. The lowest BCUT2D eigenvalue weighted by molar-refractivity contribution is 0.346. The number of hydrogen-bond acceptors (Lipinski definition) is 3. The summed E-state index contributed by atoms with van der Waals surface area (Å²) in [5, 5.41) is 3.52. The van der Waals surface area contributed by atoms with Crippen LogP contribution >= 0.6 is 0 Å². The topological polar surface area (TPSA) is 18.5 Å². The van der Waals surface area contributed by atoms with Crippen LogP contribution in [0.1, 0.15) is 32.3 Å². The summed E-state index contributed by atoms with van der Waals surface area (Å²) in [6, 6.07) is 9.27. The largest absolute Gasteiger partial charge is 0.373 e. The molecule has 0 bridgehead atoms. The normalized spacial score (nSPS) is 16.0. The fraction of sp³-hybridized carbons (Fsp3) is 0.647. The first kappa shape index (κ1) is 15.3. The van der Waals surface area contributed by atoms with Gasteiger partial charge in [0, 0.05) is 38.4 Å². The molecule has 0 spiro atoms. The minimum Gasteiger partial charge on any atom is -0.373 e. The molecule has 1 N–H and O–H groups in total. The molecule has 0 radical (unpaired) electrons. The van der Waals surface area contributed by atoms with Gasteiger partial charge in [-0.3, -0.25) is 0 Å². The summed E-state index contributed by atoms with van der Waals surface area (Å²) in [6.07, 6.45) is 2.75.